The van der Waals surface area contributed by atoms with Crippen molar-refractivity contribution in [2.45, 2.75) is 226 Å². The van der Waals surface area contributed by atoms with Crippen LogP contribution in [0.2, 0.25) is 0 Å². The maximum absolute atomic E-state index is 12.9. The van der Waals surface area contributed by atoms with Gasteiger partial charge in [0.05, 0.1) is 19.8 Å². The molecule has 0 aliphatic carbocycles. The molecule has 12 heteroatoms. The first-order chi connectivity index (χ1) is 35.2. The summed E-state index contributed by atoms with van der Waals surface area (Å²) in [5, 5.41) is 9.78. The van der Waals surface area contributed by atoms with Crippen LogP contribution in [0.4, 0.5) is 0 Å². The van der Waals surface area contributed by atoms with Crippen molar-refractivity contribution < 1.29 is 52.2 Å². The smallest absolute Gasteiger partial charge is 0.462 e. The number of unbranched alkanes of at least 4 members (excludes halogenated alkanes) is 15. The van der Waals surface area contributed by atoms with E-state index in [9.17, 15) is 28.9 Å². The minimum absolute atomic E-state index is 0.0496. The third kappa shape index (κ3) is 51.1. The second-order valence-corrected chi connectivity index (χ2v) is 19.4. The van der Waals surface area contributed by atoms with Crippen LogP contribution in [0.5, 0.6) is 0 Å². The molecule has 0 fully saturated rings. The van der Waals surface area contributed by atoms with Gasteiger partial charge in [0.15, 0.2) is 6.10 Å². The zero-order valence-electron chi connectivity index (χ0n) is 45.1. The minimum Gasteiger partial charge on any atom is -0.462 e. The largest absolute Gasteiger partial charge is 0.472 e. The number of allylic oxidation sites excluding steroid dienone is 18. The molecule has 0 aliphatic heterocycles. The zero-order valence-corrected chi connectivity index (χ0v) is 46.0. The SMILES string of the molecule is CC/C=C\C/C=C\C/C=C\C/C=C\CCC(=O)OC(CO)COP(=O)(O)OCC(COC(=O)CCCCCCC/C=C\C/C=C\CCCCC)OC(=O)CCCCCCCCC/C=C\C/C=C\C/C=C\CC. The molecule has 0 bridgehead atoms. The van der Waals surface area contributed by atoms with Crippen LogP contribution in [0, 0.1) is 0 Å². The Bertz CT molecular complexity index is 1620. The number of phosphoric acid groups is 1. The van der Waals surface area contributed by atoms with Crippen molar-refractivity contribution in [1.29, 1.82) is 0 Å². The van der Waals surface area contributed by atoms with E-state index in [4.69, 9.17) is 23.3 Å². The Labute approximate surface area is 437 Å². The molecule has 0 heterocycles. The molecule has 0 amide bonds. The summed E-state index contributed by atoms with van der Waals surface area (Å²) in [6, 6.07) is 0. The highest BCUT2D eigenvalue weighted by atomic mass is 31.2. The lowest BCUT2D eigenvalue weighted by Crippen LogP contribution is -2.30. The van der Waals surface area contributed by atoms with Gasteiger partial charge in [-0.15, -0.1) is 0 Å². The molecule has 0 aromatic rings. The Morgan fingerprint density at radius 1 is 0.403 bits per heavy atom. The number of hydrogen-bond acceptors (Lipinski definition) is 10. The molecule has 0 aromatic heterocycles. The topological polar surface area (TPSA) is 155 Å². The average molecular weight is 1030 g/mol. The molecule has 0 saturated heterocycles. The zero-order chi connectivity index (χ0) is 52.7. The quantitative estimate of drug-likeness (QED) is 0.0197. The van der Waals surface area contributed by atoms with Crippen LogP contribution in [0.3, 0.4) is 0 Å². The summed E-state index contributed by atoms with van der Waals surface area (Å²) in [4.78, 5) is 48.4. The van der Waals surface area contributed by atoms with Gasteiger partial charge in [0.25, 0.3) is 0 Å². The maximum atomic E-state index is 12.9. The van der Waals surface area contributed by atoms with E-state index >= 15 is 0 Å². The summed E-state index contributed by atoms with van der Waals surface area (Å²) in [5.74, 6) is -1.59. The summed E-state index contributed by atoms with van der Waals surface area (Å²) in [7, 11) is -4.78. The molecule has 2 N–H and O–H groups in total. The normalized spacial score (nSPS) is 14.2. The van der Waals surface area contributed by atoms with Gasteiger partial charge in [0.1, 0.15) is 12.7 Å². The molecule has 0 aromatic carbocycles. The molecule has 72 heavy (non-hydrogen) atoms. The first-order valence-electron chi connectivity index (χ1n) is 27.8. The lowest BCUT2D eigenvalue weighted by atomic mass is 10.1. The molecular weight excluding hydrogens is 928 g/mol. The second kappa shape index (κ2) is 53.4. The van der Waals surface area contributed by atoms with E-state index in [0.717, 1.165) is 135 Å². The Morgan fingerprint density at radius 3 is 1.19 bits per heavy atom. The number of ether oxygens (including phenoxy) is 3. The number of carbonyl (C=O) groups is 3. The van der Waals surface area contributed by atoms with Gasteiger partial charge >= 0.3 is 25.7 Å². The molecule has 0 rings (SSSR count). The van der Waals surface area contributed by atoms with Crippen LogP contribution in [0.25, 0.3) is 0 Å². The number of phosphoric ester groups is 1. The molecule has 3 atom stereocenters. The fourth-order valence-corrected chi connectivity index (χ4v) is 7.79. The van der Waals surface area contributed by atoms with E-state index in [1.807, 2.05) is 18.2 Å². The van der Waals surface area contributed by atoms with E-state index in [0.29, 0.717) is 19.3 Å². The van der Waals surface area contributed by atoms with Crippen LogP contribution < -0.4 is 0 Å². The number of rotatable bonds is 50. The van der Waals surface area contributed by atoms with Crippen LogP contribution in [-0.4, -0.2) is 66.5 Å². The highest BCUT2D eigenvalue weighted by molar-refractivity contribution is 7.47. The fourth-order valence-electron chi connectivity index (χ4n) is 7.00. The molecule has 11 nitrogen and oxygen atoms in total. The lowest BCUT2D eigenvalue weighted by molar-refractivity contribution is -0.161. The van der Waals surface area contributed by atoms with Gasteiger partial charge in [-0.05, 0) is 109 Å². The Hall–Kier alpha value is -3.86. The van der Waals surface area contributed by atoms with Gasteiger partial charge in [0.2, 0.25) is 0 Å². The number of hydrogen-bond donors (Lipinski definition) is 2. The molecule has 3 unspecified atom stereocenters. The number of aliphatic hydroxyl groups excluding tert-OH is 1. The predicted octanol–water partition coefficient (Wildman–Crippen LogP) is 16.2. The van der Waals surface area contributed by atoms with Crippen molar-refractivity contribution >= 4 is 25.7 Å². The first kappa shape index (κ1) is 68.1. The molecule has 0 radical (unpaired) electrons. The summed E-state index contributed by atoms with van der Waals surface area (Å²) in [6.45, 7) is 4.26. The maximum Gasteiger partial charge on any atom is 0.472 e. The first-order valence-corrected chi connectivity index (χ1v) is 29.3. The fraction of sp³-hybridized carbons (Fsp3) is 0.650. The third-order valence-electron chi connectivity index (χ3n) is 11.2. The standard InChI is InChI=1S/C60H99O11P/c1-4-7-10-13-16-19-22-25-27-28-30-33-36-39-42-45-48-51-60(64)71-57(53-67-58(62)49-46-43-40-37-34-32-29-26-23-20-17-14-11-8-5-2)55-69-72(65,66)68-54-56(52-61)70-59(63)50-47-44-41-38-35-31-24-21-18-15-12-9-6-3/h7,9-10,12,16-21,25-27,29,31,35,41,44,56-57,61H,4-6,8,11,13-15,22-24,28,30,32-34,36-40,42-43,45-55H2,1-3H3,(H,65,66)/b10-7-,12-9-,19-16-,20-17-,21-18-,27-25-,29-26-,35-31-,44-41-. The summed E-state index contributed by atoms with van der Waals surface area (Å²) < 4.78 is 39.4. The van der Waals surface area contributed by atoms with Crippen LogP contribution in [0.1, 0.15) is 213 Å². The van der Waals surface area contributed by atoms with Crippen molar-refractivity contribution in [3.63, 3.8) is 0 Å². The molecular formula is C60H99O11P. The van der Waals surface area contributed by atoms with Crippen molar-refractivity contribution in [2.24, 2.45) is 0 Å². The highest BCUT2D eigenvalue weighted by Gasteiger charge is 2.28. The summed E-state index contributed by atoms with van der Waals surface area (Å²) >= 11 is 0. The summed E-state index contributed by atoms with van der Waals surface area (Å²) in [6.07, 6.45) is 63.5. The molecule has 0 spiro atoms. The van der Waals surface area contributed by atoms with Crippen molar-refractivity contribution in [1.82, 2.24) is 0 Å². The van der Waals surface area contributed by atoms with Gasteiger partial charge < -0.3 is 24.2 Å². The van der Waals surface area contributed by atoms with Gasteiger partial charge in [-0.1, -0.05) is 194 Å². The average Bonchev–Trinajstić information content (AvgIpc) is 3.37. The molecule has 0 aliphatic rings. The van der Waals surface area contributed by atoms with E-state index in [1.54, 1.807) is 0 Å². The van der Waals surface area contributed by atoms with Crippen molar-refractivity contribution in [3.05, 3.63) is 109 Å². The molecule has 0 saturated carbocycles. The van der Waals surface area contributed by atoms with Crippen molar-refractivity contribution in [2.75, 3.05) is 26.4 Å². The Balaban J connectivity index is 4.85. The monoisotopic (exact) mass is 1030 g/mol. The third-order valence-corrected chi connectivity index (χ3v) is 12.1. The highest BCUT2D eigenvalue weighted by Crippen LogP contribution is 2.43. The van der Waals surface area contributed by atoms with E-state index in [1.165, 1.54) is 19.3 Å². The summed E-state index contributed by atoms with van der Waals surface area (Å²) in [5.41, 5.74) is 0. The predicted molar refractivity (Wildman–Crippen MR) is 297 cm³/mol. The van der Waals surface area contributed by atoms with Crippen molar-refractivity contribution in [3.8, 4) is 0 Å². The van der Waals surface area contributed by atoms with Gasteiger partial charge in [0, 0.05) is 19.3 Å². The number of aliphatic hydroxyl groups is 1. The van der Waals surface area contributed by atoms with Crippen LogP contribution >= 0.6 is 7.82 Å². The minimum atomic E-state index is -4.78. The lowest BCUT2D eigenvalue weighted by Gasteiger charge is -2.21. The molecule has 410 valence electrons. The second-order valence-electron chi connectivity index (χ2n) is 18.0. The number of carbonyl (C=O) groups excluding carboxylic acids is 3. The van der Waals surface area contributed by atoms with E-state index in [2.05, 4.69) is 112 Å². The van der Waals surface area contributed by atoms with E-state index < -0.39 is 57.8 Å². The van der Waals surface area contributed by atoms with Gasteiger partial charge in [-0.2, -0.15) is 0 Å². The van der Waals surface area contributed by atoms with Gasteiger partial charge in [-0.3, -0.25) is 23.4 Å². The van der Waals surface area contributed by atoms with E-state index in [-0.39, 0.29) is 25.9 Å². The van der Waals surface area contributed by atoms with Gasteiger partial charge in [-0.25, -0.2) is 4.57 Å². The van der Waals surface area contributed by atoms with Crippen LogP contribution in [-0.2, 0) is 42.2 Å². The number of esters is 3. The van der Waals surface area contributed by atoms with Crippen LogP contribution in [0.15, 0.2) is 109 Å². The Kier molecular flexibility index (Phi) is 50.6. The Morgan fingerprint density at radius 2 is 0.750 bits per heavy atom.